The smallest absolute Gasteiger partial charge is 0.309 e. The fraction of sp³-hybridized carbons (Fsp3) is 0.625. The van der Waals surface area contributed by atoms with Gasteiger partial charge in [0.2, 0.25) is 0 Å². The maximum atomic E-state index is 11.7. The van der Waals surface area contributed by atoms with E-state index in [1.54, 1.807) is 0 Å². The first kappa shape index (κ1) is 14.8. The van der Waals surface area contributed by atoms with Gasteiger partial charge in [-0.2, -0.15) is 0 Å². The van der Waals surface area contributed by atoms with E-state index in [1.807, 2.05) is 13.1 Å². The zero-order chi connectivity index (χ0) is 14.5. The molecule has 2 rings (SSSR count). The molecule has 0 atom stereocenters. The van der Waals surface area contributed by atoms with Gasteiger partial charge < -0.3 is 9.64 Å². The van der Waals surface area contributed by atoms with Gasteiger partial charge in [-0.1, -0.05) is 19.9 Å². The lowest BCUT2D eigenvalue weighted by Gasteiger charge is -2.31. The second-order valence-electron chi connectivity index (χ2n) is 5.62. The fourth-order valence-corrected chi connectivity index (χ4v) is 2.53. The molecule has 1 fully saturated rings. The molecule has 1 saturated heterocycles. The van der Waals surface area contributed by atoms with Crippen molar-refractivity contribution in [2.75, 3.05) is 24.6 Å². The van der Waals surface area contributed by atoms with E-state index in [2.05, 4.69) is 35.9 Å². The van der Waals surface area contributed by atoms with Crippen LogP contribution in [0.4, 0.5) is 5.82 Å². The largest absolute Gasteiger partial charge is 0.466 e. The van der Waals surface area contributed by atoms with Gasteiger partial charge in [0, 0.05) is 19.3 Å². The van der Waals surface area contributed by atoms with Crippen LogP contribution >= 0.6 is 0 Å². The molecule has 0 radical (unpaired) electrons. The third-order valence-electron chi connectivity index (χ3n) is 3.88. The molecule has 4 heteroatoms. The van der Waals surface area contributed by atoms with Crippen LogP contribution in [0, 0.1) is 5.92 Å². The van der Waals surface area contributed by atoms with Crippen molar-refractivity contribution in [1.29, 1.82) is 0 Å². The molecule has 1 aromatic rings. The first-order valence-electron chi connectivity index (χ1n) is 7.49. The number of aromatic nitrogens is 1. The monoisotopic (exact) mass is 276 g/mol. The van der Waals surface area contributed by atoms with Crippen LogP contribution in [0.5, 0.6) is 0 Å². The molecular weight excluding hydrogens is 252 g/mol. The summed E-state index contributed by atoms with van der Waals surface area (Å²) in [6, 6.07) is 4.23. The normalized spacial score (nSPS) is 16.5. The molecule has 0 N–H and O–H groups in total. The number of hydrogen-bond acceptors (Lipinski definition) is 4. The van der Waals surface area contributed by atoms with E-state index in [9.17, 15) is 4.79 Å². The maximum Gasteiger partial charge on any atom is 0.309 e. The Morgan fingerprint density at radius 2 is 2.10 bits per heavy atom. The third-order valence-corrected chi connectivity index (χ3v) is 3.88. The van der Waals surface area contributed by atoms with Crippen molar-refractivity contribution < 1.29 is 9.53 Å². The highest BCUT2D eigenvalue weighted by Crippen LogP contribution is 2.24. The molecule has 0 unspecified atom stereocenters. The summed E-state index contributed by atoms with van der Waals surface area (Å²) in [6.07, 6.45) is 3.66. The minimum Gasteiger partial charge on any atom is -0.466 e. The van der Waals surface area contributed by atoms with Crippen LogP contribution in [0.3, 0.4) is 0 Å². The van der Waals surface area contributed by atoms with Gasteiger partial charge in [-0.3, -0.25) is 4.79 Å². The van der Waals surface area contributed by atoms with Gasteiger partial charge in [0.1, 0.15) is 5.82 Å². The van der Waals surface area contributed by atoms with Gasteiger partial charge in [0.25, 0.3) is 0 Å². The van der Waals surface area contributed by atoms with Crippen molar-refractivity contribution in [3.63, 3.8) is 0 Å². The second-order valence-corrected chi connectivity index (χ2v) is 5.62. The number of carbonyl (C=O) groups excluding carboxylic acids is 1. The molecule has 110 valence electrons. The van der Waals surface area contributed by atoms with Crippen LogP contribution in [0.1, 0.15) is 45.1 Å². The van der Waals surface area contributed by atoms with Crippen LogP contribution in [0.25, 0.3) is 0 Å². The Morgan fingerprint density at radius 1 is 1.40 bits per heavy atom. The zero-order valence-electron chi connectivity index (χ0n) is 12.6. The molecule has 0 saturated carbocycles. The summed E-state index contributed by atoms with van der Waals surface area (Å²) >= 11 is 0. The lowest BCUT2D eigenvalue weighted by Crippen LogP contribution is -2.37. The number of ether oxygens (including phenoxy) is 1. The minimum absolute atomic E-state index is 0.0461. The van der Waals surface area contributed by atoms with Gasteiger partial charge >= 0.3 is 5.97 Å². The van der Waals surface area contributed by atoms with Crippen LogP contribution in [0.2, 0.25) is 0 Å². The SMILES string of the molecule is CCOC(=O)C1CCN(c2ccc(C(C)C)cn2)CC1. The predicted molar refractivity (Wildman–Crippen MR) is 79.9 cm³/mol. The summed E-state index contributed by atoms with van der Waals surface area (Å²) in [5.74, 6) is 1.53. The Morgan fingerprint density at radius 3 is 2.60 bits per heavy atom. The number of esters is 1. The summed E-state index contributed by atoms with van der Waals surface area (Å²) in [4.78, 5) is 18.5. The molecule has 1 aromatic heterocycles. The summed E-state index contributed by atoms with van der Waals surface area (Å²) in [7, 11) is 0. The van der Waals surface area contributed by atoms with Gasteiger partial charge in [-0.25, -0.2) is 4.98 Å². The maximum absolute atomic E-state index is 11.7. The molecule has 1 aliphatic heterocycles. The van der Waals surface area contributed by atoms with Gasteiger partial charge in [0.05, 0.1) is 12.5 Å². The van der Waals surface area contributed by atoms with E-state index >= 15 is 0 Å². The average Bonchev–Trinajstić information content (AvgIpc) is 2.48. The standard InChI is InChI=1S/C16H24N2O2/c1-4-20-16(19)13-7-9-18(10-8-13)15-6-5-14(11-17-15)12(2)3/h5-6,11-13H,4,7-10H2,1-3H3. The number of rotatable bonds is 4. The molecule has 0 aromatic carbocycles. The highest BCUT2D eigenvalue weighted by Gasteiger charge is 2.26. The first-order chi connectivity index (χ1) is 9.61. The van der Waals surface area contributed by atoms with Gasteiger partial charge in [0.15, 0.2) is 0 Å². The third kappa shape index (κ3) is 3.50. The quantitative estimate of drug-likeness (QED) is 0.793. The Kier molecular flexibility index (Phi) is 4.99. The van der Waals surface area contributed by atoms with E-state index in [0.29, 0.717) is 12.5 Å². The van der Waals surface area contributed by atoms with E-state index in [4.69, 9.17) is 4.74 Å². The Balaban J connectivity index is 1.91. The number of pyridine rings is 1. The number of anilines is 1. The number of nitrogens with zero attached hydrogens (tertiary/aromatic N) is 2. The van der Waals surface area contributed by atoms with Crippen molar-refractivity contribution in [1.82, 2.24) is 4.98 Å². The summed E-state index contributed by atoms with van der Waals surface area (Å²) < 4.78 is 5.09. The lowest BCUT2D eigenvalue weighted by molar-refractivity contribution is -0.148. The molecule has 2 heterocycles. The van der Waals surface area contributed by atoms with E-state index in [0.717, 1.165) is 31.7 Å². The molecule has 4 nitrogen and oxygen atoms in total. The van der Waals surface area contributed by atoms with Crippen LogP contribution in [0.15, 0.2) is 18.3 Å². The fourth-order valence-electron chi connectivity index (χ4n) is 2.53. The molecule has 0 amide bonds. The second kappa shape index (κ2) is 6.73. The highest BCUT2D eigenvalue weighted by molar-refractivity contribution is 5.72. The molecule has 0 bridgehead atoms. The van der Waals surface area contributed by atoms with E-state index < -0.39 is 0 Å². The van der Waals surface area contributed by atoms with E-state index in [-0.39, 0.29) is 11.9 Å². The average molecular weight is 276 g/mol. The van der Waals surface area contributed by atoms with Gasteiger partial charge in [-0.15, -0.1) is 0 Å². The van der Waals surface area contributed by atoms with Crippen LogP contribution < -0.4 is 4.90 Å². The Labute approximate surface area is 121 Å². The summed E-state index contributed by atoms with van der Waals surface area (Å²) in [5.41, 5.74) is 1.26. The number of hydrogen-bond donors (Lipinski definition) is 0. The summed E-state index contributed by atoms with van der Waals surface area (Å²) in [6.45, 7) is 8.41. The lowest BCUT2D eigenvalue weighted by atomic mass is 9.97. The van der Waals surface area contributed by atoms with Crippen molar-refractivity contribution >= 4 is 11.8 Å². The summed E-state index contributed by atoms with van der Waals surface area (Å²) in [5, 5.41) is 0. The molecule has 1 aliphatic rings. The van der Waals surface area contributed by atoms with Crippen LogP contribution in [-0.2, 0) is 9.53 Å². The van der Waals surface area contributed by atoms with Crippen molar-refractivity contribution in [2.45, 2.75) is 39.5 Å². The zero-order valence-corrected chi connectivity index (χ0v) is 12.6. The molecule has 0 spiro atoms. The van der Waals surface area contributed by atoms with Gasteiger partial charge in [-0.05, 0) is 37.3 Å². The molecular formula is C16H24N2O2. The number of piperidine rings is 1. The Bertz CT molecular complexity index is 434. The highest BCUT2D eigenvalue weighted by atomic mass is 16.5. The topological polar surface area (TPSA) is 42.4 Å². The first-order valence-corrected chi connectivity index (χ1v) is 7.49. The predicted octanol–water partition coefficient (Wildman–Crippen LogP) is 2.98. The number of carbonyl (C=O) groups is 1. The van der Waals surface area contributed by atoms with Crippen molar-refractivity contribution in [3.8, 4) is 0 Å². The molecule has 20 heavy (non-hydrogen) atoms. The Hall–Kier alpha value is -1.58. The molecule has 0 aliphatic carbocycles. The van der Waals surface area contributed by atoms with Crippen LogP contribution in [-0.4, -0.2) is 30.6 Å². The van der Waals surface area contributed by atoms with Crippen molar-refractivity contribution in [2.24, 2.45) is 5.92 Å². The minimum atomic E-state index is -0.0461. The van der Waals surface area contributed by atoms with E-state index in [1.165, 1.54) is 5.56 Å². The van der Waals surface area contributed by atoms with Crippen molar-refractivity contribution in [3.05, 3.63) is 23.9 Å².